The zero-order chi connectivity index (χ0) is 17.0. The first-order chi connectivity index (χ1) is 10.9. The van der Waals surface area contributed by atoms with Crippen LogP contribution in [0.15, 0.2) is 34.7 Å². The summed E-state index contributed by atoms with van der Waals surface area (Å²) < 4.78 is 23.3. The molecule has 122 valence electrons. The molecule has 1 heterocycles. The van der Waals surface area contributed by atoms with Crippen molar-refractivity contribution >= 4 is 11.9 Å². The molecule has 1 aromatic carbocycles. The number of aromatic carboxylic acids is 1. The van der Waals surface area contributed by atoms with Crippen LogP contribution in [0.25, 0.3) is 0 Å². The molecule has 2 rings (SSSR count). The van der Waals surface area contributed by atoms with E-state index in [9.17, 15) is 14.0 Å². The summed E-state index contributed by atoms with van der Waals surface area (Å²) in [5.41, 5.74) is 0.0726. The fourth-order valence-corrected chi connectivity index (χ4v) is 1.94. The van der Waals surface area contributed by atoms with Gasteiger partial charge in [0.2, 0.25) is 0 Å². The van der Waals surface area contributed by atoms with Crippen molar-refractivity contribution in [3.63, 3.8) is 0 Å². The quantitative estimate of drug-likeness (QED) is 0.884. The Morgan fingerprint density at radius 1 is 1.30 bits per heavy atom. The maximum Gasteiger partial charge on any atom is 0.339 e. The Morgan fingerprint density at radius 3 is 2.52 bits per heavy atom. The highest BCUT2D eigenvalue weighted by Gasteiger charge is 2.17. The summed E-state index contributed by atoms with van der Waals surface area (Å²) in [6, 6.07) is 6.72. The van der Waals surface area contributed by atoms with Crippen molar-refractivity contribution in [3.05, 3.63) is 53.2 Å². The predicted octanol–water partition coefficient (Wildman–Crippen LogP) is 2.46. The lowest BCUT2D eigenvalue weighted by atomic mass is 10.2. The van der Waals surface area contributed by atoms with Crippen LogP contribution in [0.2, 0.25) is 0 Å². The molecule has 1 N–H and O–H groups in total. The first kappa shape index (κ1) is 16.5. The first-order valence-electron chi connectivity index (χ1n) is 6.81. The number of hydrogen-bond acceptors (Lipinski definition) is 4. The number of carbonyl (C=O) groups excluding carboxylic acids is 1. The average Bonchev–Trinajstić information content (AvgIpc) is 2.87. The number of carboxylic acids is 1. The fourth-order valence-electron chi connectivity index (χ4n) is 1.94. The third-order valence-electron chi connectivity index (χ3n) is 3.19. The fraction of sp³-hybridized carbons (Fsp3) is 0.250. The van der Waals surface area contributed by atoms with Crippen molar-refractivity contribution in [1.29, 1.82) is 0 Å². The molecule has 1 aromatic heterocycles. The van der Waals surface area contributed by atoms with Crippen LogP contribution in [0.3, 0.4) is 0 Å². The summed E-state index contributed by atoms with van der Waals surface area (Å²) in [6.07, 6.45) is 0. The Hall–Kier alpha value is -2.83. The van der Waals surface area contributed by atoms with Gasteiger partial charge in [0.25, 0.3) is 5.91 Å². The third-order valence-corrected chi connectivity index (χ3v) is 3.19. The molecule has 0 aliphatic heterocycles. The summed E-state index contributed by atoms with van der Waals surface area (Å²) in [7, 11) is 1.55. The van der Waals surface area contributed by atoms with Gasteiger partial charge in [0, 0.05) is 7.05 Å². The molecule has 0 atom stereocenters. The van der Waals surface area contributed by atoms with Gasteiger partial charge in [0.15, 0.2) is 6.61 Å². The van der Waals surface area contributed by atoms with Crippen molar-refractivity contribution in [2.24, 2.45) is 0 Å². The van der Waals surface area contributed by atoms with Crippen molar-refractivity contribution in [2.45, 2.75) is 13.5 Å². The van der Waals surface area contributed by atoms with Gasteiger partial charge in [-0.25, -0.2) is 9.18 Å². The maximum atomic E-state index is 12.8. The Bertz CT molecular complexity index is 708. The van der Waals surface area contributed by atoms with E-state index in [2.05, 4.69) is 0 Å². The second kappa shape index (κ2) is 6.95. The molecule has 0 saturated heterocycles. The van der Waals surface area contributed by atoms with E-state index in [0.717, 1.165) is 0 Å². The zero-order valence-corrected chi connectivity index (χ0v) is 12.7. The summed E-state index contributed by atoms with van der Waals surface area (Å²) in [5.74, 6) is -0.738. The Morgan fingerprint density at radius 2 is 1.96 bits per heavy atom. The summed E-state index contributed by atoms with van der Waals surface area (Å²) >= 11 is 0. The van der Waals surface area contributed by atoms with Crippen molar-refractivity contribution in [2.75, 3.05) is 13.7 Å². The number of benzene rings is 1. The number of likely N-dealkylation sites (N-methyl/N-ethyl adjacent to an activating group) is 1. The van der Waals surface area contributed by atoms with Crippen LogP contribution in [0.5, 0.6) is 5.75 Å². The minimum atomic E-state index is -1.08. The number of ether oxygens (including phenoxy) is 1. The molecule has 0 radical (unpaired) electrons. The molecule has 0 aliphatic rings. The average molecular weight is 321 g/mol. The Labute approximate surface area is 132 Å². The molecule has 2 aromatic rings. The summed E-state index contributed by atoms with van der Waals surface area (Å²) in [5, 5.41) is 8.96. The van der Waals surface area contributed by atoms with Gasteiger partial charge in [-0.1, -0.05) is 0 Å². The van der Waals surface area contributed by atoms with Gasteiger partial charge in [-0.05, 0) is 37.3 Å². The minimum Gasteiger partial charge on any atom is -0.484 e. The van der Waals surface area contributed by atoms with Gasteiger partial charge >= 0.3 is 5.97 Å². The molecule has 0 spiro atoms. The highest BCUT2D eigenvalue weighted by atomic mass is 19.1. The molecule has 0 unspecified atom stereocenters. The zero-order valence-electron chi connectivity index (χ0n) is 12.7. The summed E-state index contributed by atoms with van der Waals surface area (Å²) in [6.45, 7) is 1.46. The van der Waals surface area contributed by atoms with Gasteiger partial charge in [-0.15, -0.1) is 0 Å². The molecule has 0 saturated carbocycles. The molecular weight excluding hydrogens is 305 g/mol. The second-order valence-corrected chi connectivity index (χ2v) is 4.98. The lowest BCUT2D eigenvalue weighted by Gasteiger charge is -2.16. The normalized spacial score (nSPS) is 10.4. The smallest absolute Gasteiger partial charge is 0.339 e. The molecule has 7 heteroatoms. The number of furan rings is 1. The van der Waals surface area contributed by atoms with Crippen molar-refractivity contribution in [1.82, 2.24) is 4.90 Å². The van der Waals surface area contributed by atoms with E-state index in [1.807, 2.05) is 0 Å². The van der Waals surface area contributed by atoms with Crippen LogP contribution >= 0.6 is 0 Å². The predicted molar refractivity (Wildman–Crippen MR) is 78.8 cm³/mol. The van der Waals surface area contributed by atoms with E-state index >= 15 is 0 Å². The SMILES string of the molecule is Cc1oc(CN(C)C(=O)COc2ccc(F)cc2)cc1C(=O)O. The Kier molecular flexibility index (Phi) is 5.00. The number of hydrogen-bond donors (Lipinski definition) is 1. The van der Waals surface area contributed by atoms with Gasteiger partial charge < -0.3 is 19.2 Å². The number of nitrogens with zero attached hydrogens (tertiary/aromatic N) is 1. The topological polar surface area (TPSA) is 80.0 Å². The number of halogens is 1. The highest BCUT2D eigenvalue weighted by molar-refractivity contribution is 5.88. The van der Waals surface area contributed by atoms with Crippen LogP contribution < -0.4 is 4.74 Å². The van der Waals surface area contributed by atoms with E-state index in [-0.39, 0.29) is 36.2 Å². The molecule has 0 aliphatic carbocycles. The molecule has 0 bridgehead atoms. The van der Waals surface area contributed by atoms with Crippen LogP contribution in [0.4, 0.5) is 4.39 Å². The van der Waals surface area contributed by atoms with Gasteiger partial charge in [0.05, 0.1) is 6.54 Å². The maximum absolute atomic E-state index is 12.8. The third kappa shape index (κ3) is 4.32. The van der Waals surface area contributed by atoms with Crippen molar-refractivity contribution < 1.29 is 28.2 Å². The Balaban J connectivity index is 1.91. The van der Waals surface area contributed by atoms with Gasteiger partial charge in [-0.3, -0.25) is 4.79 Å². The van der Waals surface area contributed by atoms with Gasteiger partial charge in [-0.2, -0.15) is 0 Å². The first-order valence-corrected chi connectivity index (χ1v) is 6.81. The number of carboxylic acid groups (broad SMARTS) is 1. The second-order valence-electron chi connectivity index (χ2n) is 4.98. The van der Waals surface area contributed by atoms with Gasteiger partial charge in [0.1, 0.15) is 28.7 Å². The van der Waals surface area contributed by atoms with Crippen LogP contribution in [-0.4, -0.2) is 35.5 Å². The van der Waals surface area contributed by atoms with E-state index < -0.39 is 5.97 Å². The number of rotatable bonds is 6. The molecule has 1 amide bonds. The largest absolute Gasteiger partial charge is 0.484 e. The number of amides is 1. The van der Waals surface area contributed by atoms with E-state index in [4.69, 9.17) is 14.3 Å². The standard InChI is InChI=1S/C16H16FNO5/c1-10-14(16(20)21)7-13(23-10)8-18(2)15(19)9-22-12-5-3-11(17)4-6-12/h3-7H,8-9H2,1-2H3,(H,20,21). The molecule has 0 fully saturated rings. The van der Waals surface area contributed by atoms with Crippen LogP contribution in [0.1, 0.15) is 21.9 Å². The molecule has 6 nitrogen and oxygen atoms in total. The molecular formula is C16H16FNO5. The van der Waals surface area contributed by atoms with E-state index in [1.54, 1.807) is 14.0 Å². The monoisotopic (exact) mass is 321 g/mol. The highest BCUT2D eigenvalue weighted by Crippen LogP contribution is 2.16. The molecule has 23 heavy (non-hydrogen) atoms. The number of aryl methyl sites for hydroxylation is 1. The number of carbonyl (C=O) groups is 2. The lowest BCUT2D eigenvalue weighted by Crippen LogP contribution is -2.30. The van der Waals surface area contributed by atoms with Crippen LogP contribution in [0, 0.1) is 12.7 Å². The van der Waals surface area contributed by atoms with E-state index in [1.165, 1.54) is 35.2 Å². The van der Waals surface area contributed by atoms with Crippen LogP contribution in [-0.2, 0) is 11.3 Å². The minimum absolute atomic E-state index is 0.0726. The van der Waals surface area contributed by atoms with Crippen molar-refractivity contribution in [3.8, 4) is 5.75 Å². The van der Waals surface area contributed by atoms with E-state index in [0.29, 0.717) is 11.5 Å². The summed E-state index contributed by atoms with van der Waals surface area (Å²) in [4.78, 5) is 24.3. The lowest BCUT2D eigenvalue weighted by molar-refractivity contribution is -0.132.